The van der Waals surface area contributed by atoms with Crippen molar-refractivity contribution in [3.63, 3.8) is 0 Å². The van der Waals surface area contributed by atoms with Crippen LogP contribution in [0.15, 0.2) is 42.6 Å². The van der Waals surface area contributed by atoms with Crippen molar-refractivity contribution in [2.24, 2.45) is 0 Å². The molecular weight excluding hydrogens is 264 g/mol. The highest BCUT2D eigenvalue weighted by molar-refractivity contribution is 5.33. The van der Waals surface area contributed by atoms with E-state index in [0.29, 0.717) is 5.88 Å². The fraction of sp³-hybridized carbons (Fsp3) is 0.353. The van der Waals surface area contributed by atoms with Gasteiger partial charge in [-0.25, -0.2) is 4.98 Å². The van der Waals surface area contributed by atoms with Gasteiger partial charge in [-0.15, -0.1) is 0 Å². The Morgan fingerprint density at radius 3 is 2.57 bits per heavy atom. The van der Waals surface area contributed by atoms with Crippen molar-refractivity contribution in [3.05, 3.63) is 53.7 Å². The molecule has 1 aromatic heterocycles. The lowest BCUT2D eigenvalue weighted by Gasteiger charge is -2.14. The number of hydrogen-bond donors (Lipinski definition) is 1. The molecule has 0 radical (unpaired) electrons. The topological polar surface area (TPSA) is 43.4 Å². The molecule has 0 bridgehead atoms. The monoisotopic (exact) mass is 286 g/mol. The minimum absolute atomic E-state index is 0.178. The van der Waals surface area contributed by atoms with E-state index in [2.05, 4.69) is 16.4 Å². The van der Waals surface area contributed by atoms with Gasteiger partial charge in [0.15, 0.2) is 0 Å². The Balaban J connectivity index is 1.90. The van der Waals surface area contributed by atoms with E-state index in [9.17, 15) is 0 Å². The van der Waals surface area contributed by atoms with Crippen molar-refractivity contribution in [2.45, 2.75) is 33.0 Å². The summed E-state index contributed by atoms with van der Waals surface area (Å²) in [6.45, 7) is 5.59. The minimum Gasteiger partial charge on any atom is -0.491 e. The van der Waals surface area contributed by atoms with Crippen molar-refractivity contribution in [3.8, 4) is 11.6 Å². The zero-order chi connectivity index (χ0) is 15.1. The largest absolute Gasteiger partial charge is 0.491 e. The Kier molecular flexibility index (Phi) is 5.58. The fourth-order valence-corrected chi connectivity index (χ4v) is 2.00. The third kappa shape index (κ3) is 4.76. The molecule has 1 N–H and O–H groups in total. The maximum Gasteiger partial charge on any atom is 0.212 e. The first kappa shape index (κ1) is 15.3. The molecule has 0 amide bonds. The smallest absolute Gasteiger partial charge is 0.212 e. The van der Waals surface area contributed by atoms with E-state index in [0.717, 1.165) is 30.0 Å². The van der Waals surface area contributed by atoms with Crippen molar-refractivity contribution >= 4 is 0 Å². The number of rotatable bonds is 7. The molecule has 0 atom stereocenters. The Labute approximate surface area is 126 Å². The van der Waals surface area contributed by atoms with E-state index in [4.69, 9.17) is 9.47 Å². The third-order valence-electron chi connectivity index (χ3n) is 2.99. The van der Waals surface area contributed by atoms with Gasteiger partial charge in [0.05, 0.1) is 13.2 Å². The van der Waals surface area contributed by atoms with Crippen LogP contribution in [0.2, 0.25) is 0 Å². The van der Waals surface area contributed by atoms with Crippen LogP contribution in [-0.4, -0.2) is 18.2 Å². The van der Waals surface area contributed by atoms with Gasteiger partial charge in [-0.05, 0) is 25.5 Å². The molecule has 0 unspecified atom stereocenters. The molecule has 4 heteroatoms. The number of ether oxygens (including phenoxy) is 2. The lowest BCUT2D eigenvalue weighted by atomic mass is 10.2. The maximum absolute atomic E-state index is 5.81. The summed E-state index contributed by atoms with van der Waals surface area (Å²) in [6, 6.07) is 12.0. The molecule has 112 valence electrons. The summed E-state index contributed by atoms with van der Waals surface area (Å²) in [5.41, 5.74) is 2.28. The quantitative estimate of drug-likeness (QED) is 0.849. The second-order valence-electron chi connectivity index (χ2n) is 5.09. The minimum atomic E-state index is 0.178. The second-order valence-corrected chi connectivity index (χ2v) is 5.09. The Bertz CT molecular complexity index is 553. The Morgan fingerprint density at radius 1 is 1.10 bits per heavy atom. The predicted molar refractivity (Wildman–Crippen MR) is 83.5 cm³/mol. The standard InChI is InChI=1S/C17H22N2O2/c1-13(2)21-16-7-5-4-6-15(16)12-18-10-14-8-9-17(20-3)19-11-14/h4-9,11,13,18H,10,12H2,1-3H3. The summed E-state index contributed by atoms with van der Waals surface area (Å²) in [4.78, 5) is 4.19. The summed E-state index contributed by atoms with van der Waals surface area (Å²) < 4.78 is 10.9. The van der Waals surface area contributed by atoms with E-state index < -0.39 is 0 Å². The Hall–Kier alpha value is -2.07. The van der Waals surface area contributed by atoms with Gasteiger partial charge in [0, 0.05) is 30.9 Å². The van der Waals surface area contributed by atoms with Gasteiger partial charge in [-0.3, -0.25) is 0 Å². The highest BCUT2D eigenvalue weighted by atomic mass is 16.5. The number of nitrogens with one attached hydrogen (secondary N) is 1. The van der Waals surface area contributed by atoms with Crippen LogP contribution in [0.25, 0.3) is 0 Å². The summed E-state index contributed by atoms with van der Waals surface area (Å²) in [5, 5.41) is 3.41. The Morgan fingerprint density at radius 2 is 1.90 bits per heavy atom. The maximum atomic E-state index is 5.81. The first-order chi connectivity index (χ1) is 10.2. The van der Waals surface area contributed by atoms with Crippen LogP contribution in [-0.2, 0) is 13.1 Å². The second kappa shape index (κ2) is 7.64. The highest BCUT2D eigenvalue weighted by Gasteiger charge is 2.04. The highest BCUT2D eigenvalue weighted by Crippen LogP contribution is 2.19. The zero-order valence-electron chi connectivity index (χ0n) is 12.8. The molecule has 0 aliphatic rings. The molecule has 21 heavy (non-hydrogen) atoms. The van der Waals surface area contributed by atoms with Gasteiger partial charge in [-0.2, -0.15) is 0 Å². The number of aromatic nitrogens is 1. The lowest BCUT2D eigenvalue weighted by molar-refractivity contribution is 0.239. The van der Waals surface area contributed by atoms with E-state index >= 15 is 0 Å². The van der Waals surface area contributed by atoms with Gasteiger partial charge in [0.1, 0.15) is 5.75 Å². The number of methoxy groups -OCH3 is 1. The molecule has 0 aliphatic heterocycles. The van der Waals surface area contributed by atoms with Crippen molar-refractivity contribution in [1.82, 2.24) is 10.3 Å². The first-order valence-corrected chi connectivity index (χ1v) is 7.13. The van der Waals surface area contributed by atoms with Crippen LogP contribution in [0.1, 0.15) is 25.0 Å². The number of pyridine rings is 1. The summed E-state index contributed by atoms with van der Waals surface area (Å²) in [6.07, 6.45) is 2.00. The van der Waals surface area contributed by atoms with Crippen LogP contribution in [0.3, 0.4) is 0 Å². The SMILES string of the molecule is COc1ccc(CNCc2ccccc2OC(C)C)cn1. The molecule has 1 aromatic carbocycles. The van der Waals surface area contributed by atoms with E-state index in [1.165, 1.54) is 0 Å². The molecule has 2 rings (SSSR count). The fourth-order valence-electron chi connectivity index (χ4n) is 2.00. The normalized spacial score (nSPS) is 10.7. The number of hydrogen-bond acceptors (Lipinski definition) is 4. The number of para-hydroxylation sites is 1. The van der Waals surface area contributed by atoms with Gasteiger partial charge in [0.25, 0.3) is 0 Å². The number of nitrogens with zero attached hydrogens (tertiary/aromatic N) is 1. The molecule has 0 spiro atoms. The van der Waals surface area contributed by atoms with Gasteiger partial charge < -0.3 is 14.8 Å². The summed E-state index contributed by atoms with van der Waals surface area (Å²) in [7, 11) is 1.62. The average molecular weight is 286 g/mol. The molecule has 1 heterocycles. The molecule has 2 aromatic rings. The van der Waals surface area contributed by atoms with Gasteiger partial charge in [-0.1, -0.05) is 24.3 Å². The van der Waals surface area contributed by atoms with Crippen LogP contribution in [0, 0.1) is 0 Å². The third-order valence-corrected chi connectivity index (χ3v) is 2.99. The van der Waals surface area contributed by atoms with Crippen LogP contribution in [0.5, 0.6) is 11.6 Å². The van der Waals surface area contributed by atoms with Crippen molar-refractivity contribution in [1.29, 1.82) is 0 Å². The molecule has 0 aliphatic carbocycles. The zero-order valence-corrected chi connectivity index (χ0v) is 12.8. The van der Waals surface area contributed by atoms with Gasteiger partial charge >= 0.3 is 0 Å². The lowest BCUT2D eigenvalue weighted by Crippen LogP contribution is -2.15. The molecular formula is C17H22N2O2. The molecule has 0 fully saturated rings. The van der Waals surface area contributed by atoms with Crippen molar-refractivity contribution in [2.75, 3.05) is 7.11 Å². The van der Waals surface area contributed by atoms with Crippen LogP contribution >= 0.6 is 0 Å². The average Bonchev–Trinajstić information content (AvgIpc) is 2.49. The van der Waals surface area contributed by atoms with Crippen molar-refractivity contribution < 1.29 is 9.47 Å². The van der Waals surface area contributed by atoms with Crippen LogP contribution < -0.4 is 14.8 Å². The van der Waals surface area contributed by atoms with E-state index in [-0.39, 0.29) is 6.10 Å². The number of benzene rings is 1. The van der Waals surface area contributed by atoms with E-state index in [1.54, 1.807) is 7.11 Å². The molecule has 0 saturated heterocycles. The first-order valence-electron chi connectivity index (χ1n) is 7.13. The predicted octanol–water partition coefficient (Wildman–Crippen LogP) is 3.17. The van der Waals surface area contributed by atoms with Gasteiger partial charge in [0.2, 0.25) is 5.88 Å². The summed E-state index contributed by atoms with van der Waals surface area (Å²) in [5.74, 6) is 1.57. The summed E-state index contributed by atoms with van der Waals surface area (Å²) >= 11 is 0. The molecule has 4 nitrogen and oxygen atoms in total. The van der Waals surface area contributed by atoms with Crippen LogP contribution in [0.4, 0.5) is 0 Å². The molecule has 0 saturated carbocycles. The van der Waals surface area contributed by atoms with E-state index in [1.807, 2.05) is 50.4 Å².